The summed E-state index contributed by atoms with van der Waals surface area (Å²) < 4.78 is 5.90. The molecule has 2 aliphatic carbocycles. The average molecular weight is 235 g/mol. The summed E-state index contributed by atoms with van der Waals surface area (Å²) in [5.74, 6) is 2.85. The van der Waals surface area contributed by atoms with Crippen molar-refractivity contribution in [3.8, 4) is 12.3 Å². The number of nitrogens with one attached hydrogen (secondary N) is 1. The molecule has 2 saturated carbocycles. The SMILES string of the molecule is C#CC(CC)NC1CC(OCC)C12CCCC2. The van der Waals surface area contributed by atoms with Gasteiger partial charge in [-0.05, 0) is 32.6 Å². The Kier molecular flexibility index (Phi) is 4.12. The predicted octanol–water partition coefficient (Wildman–Crippen LogP) is 2.73. The van der Waals surface area contributed by atoms with Crippen molar-refractivity contribution in [3.05, 3.63) is 0 Å². The third-order valence-electron chi connectivity index (χ3n) is 4.70. The minimum absolute atomic E-state index is 0.236. The molecule has 2 fully saturated rings. The van der Waals surface area contributed by atoms with Gasteiger partial charge in [0.15, 0.2) is 0 Å². The van der Waals surface area contributed by atoms with Gasteiger partial charge >= 0.3 is 0 Å². The topological polar surface area (TPSA) is 21.3 Å². The Balaban J connectivity index is 1.98. The molecule has 0 aromatic heterocycles. The maximum Gasteiger partial charge on any atom is 0.0686 e. The Morgan fingerprint density at radius 3 is 2.65 bits per heavy atom. The van der Waals surface area contributed by atoms with Gasteiger partial charge < -0.3 is 10.1 Å². The molecule has 17 heavy (non-hydrogen) atoms. The number of hydrogen-bond donors (Lipinski definition) is 1. The van der Waals surface area contributed by atoms with E-state index in [0.717, 1.165) is 19.4 Å². The van der Waals surface area contributed by atoms with E-state index in [0.29, 0.717) is 17.6 Å². The van der Waals surface area contributed by atoms with Crippen LogP contribution in [0.5, 0.6) is 0 Å². The van der Waals surface area contributed by atoms with E-state index in [1.807, 2.05) is 0 Å². The summed E-state index contributed by atoms with van der Waals surface area (Å²) in [6.07, 6.45) is 13.5. The zero-order valence-electron chi connectivity index (χ0n) is 11.2. The molecule has 1 spiro atoms. The van der Waals surface area contributed by atoms with Gasteiger partial charge in [-0.2, -0.15) is 0 Å². The van der Waals surface area contributed by atoms with Gasteiger partial charge in [0.2, 0.25) is 0 Å². The van der Waals surface area contributed by atoms with Gasteiger partial charge in [0.1, 0.15) is 0 Å². The molecule has 2 aliphatic rings. The van der Waals surface area contributed by atoms with Crippen LogP contribution >= 0.6 is 0 Å². The van der Waals surface area contributed by atoms with Gasteiger partial charge in [0.05, 0.1) is 12.1 Å². The van der Waals surface area contributed by atoms with Crippen molar-refractivity contribution in [2.24, 2.45) is 5.41 Å². The fraction of sp³-hybridized carbons (Fsp3) is 0.867. The fourth-order valence-corrected chi connectivity index (χ4v) is 3.65. The molecule has 0 aromatic rings. The van der Waals surface area contributed by atoms with E-state index in [4.69, 9.17) is 11.2 Å². The first-order valence-corrected chi connectivity index (χ1v) is 7.10. The lowest BCUT2D eigenvalue weighted by atomic mass is 9.60. The van der Waals surface area contributed by atoms with Crippen molar-refractivity contribution in [1.29, 1.82) is 0 Å². The molecule has 0 aromatic carbocycles. The van der Waals surface area contributed by atoms with Crippen LogP contribution in [0.2, 0.25) is 0 Å². The van der Waals surface area contributed by atoms with E-state index in [1.165, 1.54) is 25.7 Å². The highest BCUT2D eigenvalue weighted by atomic mass is 16.5. The number of ether oxygens (including phenoxy) is 1. The molecule has 3 unspecified atom stereocenters. The van der Waals surface area contributed by atoms with Crippen LogP contribution in [0.4, 0.5) is 0 Å². The Morgan fingerprint density at radius 2 is 2.12 bits per heavy atom. The third-order valence-corrected chi connectivity index (χ3v) is 4.70. The molecule has 2 rings (SSSR count). The van der Waals surface area contributed by atoms with E-state index in [1.54, 1.807) is 0 Å². The second kappa shape index (κ2) is 5.42. The van der Waals surface area contributed by atoms with Crippen LogP contribution in [0.3, 0.4) is 0 Å². The predicted molar refractivity (Wildman–Crippen MR) is 70.8 cm³/mol. The molecular formula is C15H25NO. The molecule has 96 valence electrons. The van der Waals surface area contributed by atoms with E-state index in [9.17, 15) is 0 Å². The molecule has 0 saturated heterocycles. The quantitative estimate of drug-likeness (QED) is 0.740. The minimum Gasteiger partial charge on any atom is -0.378 e. The van der Waals surface area contributed by atoms with Gasteiger partial charge in [-0.15, -0.1) is 6.42 Å². The monoisotopic (exact) mass is 235 g/mol. The number of terminal acetylenes is 1. The second-order valence-electron chi connectivity index (χ2n) is 5.47. The van der Waals surface area contributed by atoms with Crippen LogP contribution < -0.4 is 5.32 Å². The van der Waals surface area contributed by atoms with Crippen LogP contribution in [0.1, 0.15) is 52.4 Å². The van der Waals surface area contributed by atoms with Crippen molar-refractivity contribution in [1.82, 2.24) is 5.32 Å². The lowest BCUT2D eigenvalue weighted by Crippen LogP contribution is -2.64. The van der Waals surface area contributed by atoms with Crippen LogP contribution in [-0.4, -0.2) is 24.8 Å². The van der Waals surface area contributed by atoms with E-state index in [-0.39, 0.29) is 6.04 Å². The molecule has 0 aliphatic heterocycles. The highest BCUT2D eigenvalue weighted by Gasteiger charge is 2.56. The summed E-state index contributed by atoms with van der Waals surface area (Å²) in [4.78, 5) is 0. The fourth-order valence-electron chi connectivity index (χ4n) is 3.65. The number of rotatable bonds is 5. The van der Waals surface area contributed by atoms with Crippen molar-refractivity contribution < 1.29 is 4.74 Å². The first kappa shape index (κ1) is 12.9. The van der Waals surface area contributed by atoms with E-state index in [2.05, 4.69) is 25.1 Å². The molecule has 2 heteroatoms. The van der Waals surface area contributed by atoms with Crippen LogP contribution in [0.15, 0.2) is 0 Å². The molecule has 3 atom stereocenters. The molecule has 0 bridgehead atoms. The van der Waals surface area contributed by atoms with Gasteiger partial charge in [-0.25, -0.2) is 0 Å². The van der Waals surface area contributed by atoms with Crippen molar-refractivity contribution in [2.75, 3.05) is 6.61 Å². The standard InChI is InChI=1S/C15H25NO/c1-4-12(5-2)16-13-11-14(17-6-3)15(13)9-7-8-10-15/h1,12-14,16H,5-11H2,2-3H3. The summed E-state index contributed by atoms with van der Waals surface area (Å²) in [7, 11) is 0. The van der Waals surface area contributed by atoms with Crippen molar-refractivity contribution in [3.63, 3.8) is 0 Å². The molecular weight excluding hydrogens is 210 g/mol. The Morgan fingerprint density at radius 1 is 1.41 bits per heavy atom. The molecule has 2 nitrogen and oxygen atoms in total. The van der Waals surface area contributed by atoms with Crippen molar-refractivity contribution >= 4 is 0 Å². The highest BCUT2D eigenvalue weighted by molar-refractivity contribution is 5.12. The smallest absolute Gasteiger partial charge is 0.0686 e. The Labute approximate surface area is 105 Å². The highest BCUT2D eigenvalue weighted by Crippen LogP contribution is 2.54. The normalized spacial score (nSPS) is 32.1. The minimum atomic E-state index is 0.236. The van der Waals surface area contributed by atoms with Crippen LogP contribution in [-0.2, 0) is 4.74 Å². The third kappa shape index (κ3) is 2.23. The number of hydrogen-bond acceptors (Lipinski definition) is 2. The Hall–Kier alpha value is -0.520. The molecule has 0 amide bonds. The summed E-state index contributed by atoms with van der Waals surface area (Å²) in [6.45, 7) is 5.09. The summed E-state index contributed by atoms with van der Waals surface area (Å²) in [6, 6.07) is 0.822. The second-order valence-corrected chi connectivity index (χ2v) is 5.47. The van der Waals surface area contributed by atoms with Crippen molar-refractivity contribution in [2.45, 2.75) is 70.6 Å². The van der Waals surface area contributed by atoms with E-state index < -0.39 is 0 Å². The molecule has 0 heterocycles. The van der Waals surface area contributed by atoms with Crippen LogP contribution in [0, 0.1) is 17.8 Å². The maximum atomic E-state index is 5.90. The zero-order valence-corrected chi connectivity index (χ0v) is 11.2. The average Bonchev–Trinajstić information content (AvgIpc) is 2.85. The van der Waals surface area contributed by atoms with Gasteiger partial charge in [-0.3, -0.25) is 0 Å². The lowest BCUT2D eigenvalue weighted by Gasteiger charge is -2.55. The lowest BCUT2D eigenvalue weighted by molar-refractivity contribution is -0.131. The maximum absolute atomic E-state index is 5.90. The summed E-state index contributed by atoms with van der Waals surface area (Å²) in [5, 5.41) is 3.66. The Bertz CT molecular complexity index is 288. The molecule has 1 N–H and O–H groups in total. The van der Waals surface area contributed by atoms with Gasteiger partial charge in [-0.1, -0.05) is 25.7 Å². The zero-order chi connectivity index (χ0) is 12.3. The summed E-state index contributed by atoms with van der Waals surface area (Å²) >= 11 is 0. The summed E-state index contributed by atoms with van der Waals surface area (Å²) in [5.41, 5.74) is 0.403. The van der Waals surface area contributed by atoms with Gasteiger partial charge in [0.25, 0.3) is 0 Å². The van der Waals surface area contributed by atoms with E-state index >= 15 is 0 Å². The first-order valence-electron chi connectivity index (χ1n) is 7.10. The largest absolute Gasteiger partial charge is 0.378 e. The first-order chi connectivity index (χ1) is 8.26. The molecule has 0 radical (unpaired) electrons. The van der Waals surface area contributed by atoms with Gasteiger partial charge in [0, 0.05) is 18.1 Å². The van der Waals surface area contributed by atoms with Crippen LogP contribution in [0.25, 0.3) is 0 Å².